The quantitative estimate of drug-likeness (QED) is 0.729. The number of nitrogens with one attached hydrogen (secondary N) is 1. The molecule has 0 aliphatic heterocycles. The van der Waals surface area contributed by atoms with Crippen LogP contribution in [0, 0.1) is 5.82 Å². The van der Waals surface area contributed by atoms with Gasteiger partial charge < -0.3 is 9.88 Å². The second-order valence-electron chi connectivity index (χ2n) is 7.07. The van der Waals surface area contributed by atoms with Crippen molar-refractivity contribution in [3.8, 4) is 11.3 Å². The lowest BCUT2D eigenvalue weighted by Gasteiger charge is -2.24. The van der Waals surface area contributed by atoms with Crippen molar-refractivity contribution in [1.29, 1.82) is 0 Å². The zero-order valence-electron chi connectivity index (χ0n) is 15.5. The lowest BCUT2D eigenvalue weighted by molar-refractivity contribution is 0.0948. The van der Waals surface area contributed by atoms with Crippen molar-refractivity contribution in [2.75, 3.05) is 0 Å². The third-order valence-corrected chi connectivity index (χ3v) is 5.17. The van der Waals surface area contributed by atoms with Gasteiger partial charge in [0.1, 0.15) is 12.1 Å². The predicted molar refractivity (Wildman–Crippen MR) is 103 cm³/mol. The Morgan fingerprint density at radius 1 is 1.18 bits per heavy atom. The summed E-state index contributed by atoms with van der Waals surface area (Å²) in [5.41, 5.74) is 1.74. The maximum absolute atomic E-state index is 13.4. The lowest BCUT2D eigenvalue weighted by Crippen LogP contribution is -2.26. The molecule has 144 valence electrons. The van der Waals surface area contributed by atoms with Gasteiger partial charge in [-0.3, -0.25) is 9.78 Å². The number of carbonyl (C=O) groups is 1. The molecular weight excluding hydrogens is 357 g/mol. The Kier molecular flexibility index (Phi) is 5.41. The fraction of sp³-hybridized carbons (Fsp3) is 0.333. The molecule has 1 N–H and O–H groups in total. The van der Waals surface area contributed by atoms with E-state index >= 15 is 0 Å². The highest BCUT2D eigenvalue weighted by molar-refractivity contribution is 5.94. The SMILES string of the molecule is O=C(NCc1nncn1C1CCCCC1)c1ccc(-c2cccc(F)c2)nc1. The van der Waals surface area contributed by atoms with E-state index in [0.29, 0.717) is 29.4 Å². The molecule has 1 aromatic carbocycles. The first-order valence-electron chi connectivity index (χ1n) is 9.59. The fourth-order valence-corrected chi connectivity index (χ4v) is 3.67. The van der Waals surface area contributed by atoms with Crippen LogP contribution in [0.1, 0.15) is 54.3 Å². The molecule has 0 radical (unpaired) electrons. The number of pyridine rings is 1. The molecule has 0 bridgehead atoms. The van der Waals surface area contributed by atoms with Gasteiger partial charge in [0.25, 0.3) is 5.91 Å². The molecule has 4 rings (SSSR count). The summed E-state index contributed by atoms with van der Waals surface area (Å²) in [4.78, 5) is 16.7. The van der Waals surface area contributed by atoms with Crippen LogP contribution in [-0.4, -0.2) is 25.7 Å². The van der Waals surface area contributed by atoms with Crippen LogP contribution in [-0.2, 0) is 6.54 Å². The first-order valence-corrected chi connectivity index (χ1v) is 9.59. The van der Waals surface area contributed by atoms with Crippen LogP contribution in [0.4, 0.5) is 4.39 Å². The summed E-state index contributed by atoms with van der Waals surface area (Å²) in [6, 6.07) is 10.0. The molecule has 3 aromatic rings. The van der Waals surface area contributed by atoms with Gasteiger partial charge in [-0.2, -0.15) is 0 Å². The molecule has 0 spiro atoms. The van der Waals surface area contributed by atoms with E-state index in [-0.39, 0.29) is 11.7 Å². The highest BCUT2D eigenvalue weighted by Crippen LogP contribution is 2.28. The zero-order chi connectivity index (χ0) is 19.3. The lowest BCUT2D eigenvalue weighted by atomic mass is 9.95. The largest absolute Gasteiger partial charge is 0.345 e. The van der Waals surface area contributed by atoms with Gasteiger partial charge in [-0.05, 0) is 37.1 Å². The molecule has 1 amide bonds. The van der Waals surface area contributed by atoms with E-state index in [1.807, 2.05) is 0 Å². The Hall–Kier alpha value is -3.09. The van der Waals surface area contributed by atoms with Gasteiger partial charge in [-0.25, -0.2) is 4.39 Å². The fourth-order valence-electron chi connectivity index (χ4n) is 3.67. The van der Waals surface area contributed by atoms with E-state index in [9.17, 15) is 9.18 Å². The molecule has 0 atom stereocenters. The van der Waals surface area contributed by atoms with Crippen LogP contribution in [0.2, 0.25) is 0 Å². The minimum atomic E-state index is -0.316. The standard InChI is InChI=1S/C21H22FN5O/c22-17-6-4-5-15(11-17)19-10-9-16(12-23-19)21(28)24-13-20-26-25-14-27(20)18-7-2-1-3-8-18/h4-6,9-12,14,18H,1-3,7-8,13H2,(H,24,28). The van der Waals surface area contributed by atoms with Gasteiger partial charge in [0, 0.05) is 17.8 Å². The van der Waals surface area contributed by atoms with Gasteiger partial charge in [0.2, 0.25) is 0 Å². The molecule has 1 aliphatic rings. The number of hydrogen-bond donors (Lipinski definition) is 1. The molecule has 1 aliphatic carbocycles. The van der Waals surface area contributed by atoms with Crippen LogP contribution >= 0.6 is 0 Å². The molecule has 28 heavy (non-hydrogen) atoms. The molecule has 1 fully saturated rings. The summed E-state index contributed by atoms with van der Waals surface area (Å²) in [6.45, 7) is 0.320. The second-order valence-corrected chi connectivity index (χ2v) is 7.07. The zero-order valence-corrected chi connectivity index (χ0v) is 15.5. The van der Waals surface area contributed by atoms with Gasteiger partial charge in [0.15, 0.2) is 5.82 Å². The average Bonchev–Trinajstić information content (AvgIpc) is 3.21. The molecule has 7 heteroatoms. The van der Waals surface area contributed by atoms with Crippen LogP contribution in [0.25, 0.3) is 11.3 Å². The average molecular weight is 379 g/mol. The topological polar surface area (TPSA) is 72.7 Å². The summed E-state index contributed by atoms with van der Waals surface area (Å²) in [7, 11) is 0. The first-order chi connectivity index (χ1) is 13.7. The van der Waals surface area contributed by atoms with Crippen molar-refractivity contribution < 1.29 is 9.18 Å². The Morgan fingerprint density at radius 3 is 2.79 bits per heavy atom. The minimum Gasteiger partial charge on any atom is -0.345 e. The number of hydrogen-bond acceptors (Lipinski definition) is 4. The third kappa shape index (κ3) is 4.08. The Bertz CT molecular complexity index is 947. The highest BCUT2D eigenvalue weighted by atomic mass is 19.1. The maximum Gasteiger partial charge on any atom is 0.253 e. The van der Waals surface area contributed by atoms with Crippen molar-refractivity contribution in [3.05, 3.63) is 66.1 Å². The molecular formula is C21H22FN5O. The minimum absolute atomic E-state index is 0.225. The predicted octanol–water partition coefficient (Wildman–Crippen LogP) is 3.91. The molecule has 2 heterocycles. The van der Waals surface area contributed by atoms with E-state index in [2.05, 4.69) is 25.1 Å². The number of halogens is 1. The van der Waals surface area contributed by atoms with Crippen LogP contribution in [0.5, 0.6) is 0 Å². The van der Waals surface area contributed by atoms with Crippen molar-refractivity contribution in [1.82, 2.24) is 25.1 Å². The Balaban J connectivity index is 1.40. The van der Waals surface area contributed by atoms with E-state index in [0.717, 1.165) is 18.7 Å². The maximum atomic E-state index is 13.4. The number of benzene rings is 1. The van der Waals surface area contributed by atoms with Gasteiger partial charge >= 0.3 is 0 Å². The Labute approximate surface area is 162 Å². The van der Waals surface area contributed by atoms with E-state index in [4.69, 9.17) is 0 Å². The van der Waals surface area contributed by atoms with Crippen LogP contribution < -0.4 is 5.32 Å². The Morgan fingerprint density at radius 2 is 2.04 bits per heavy atom. The van der Waals surface area contributed by atoms with E-state index in [1.54, 1.807) is 30.6 Å². The van der Waals surface area contributed by atoms with Crippen LogP contribution in [0.3, 0.4) is 0 Å². The van der Waals surface area contributed by atoms with Crippen molar-refractivity contribution in [2.45, 2.75) is 44.7 Å². The summed E-state index contributed by atoms with van der Waals surface area (Å²) in [5.74, 6) is 0.226. The highest BCUT2D eigenvalue weighted by Gasteiger charge is 2.19. The van der Waals surface area contributed by atoms with Gasteiger partial charge in [-0.1, -0.05) is 31.4 Å². The molecule has 2 aromatic heterocycles. The summed E-state index contributed by atoms with van der Waals surface area (Å²) < 4.78 is 15.4. The molecule has 0 unspecified atom stereocenters. The summed E-state index contributed by atoms with van der Waals surface area (Å²) in [6.07, 6.45) is 9.24. The van der Waals surface area contributed by atoms with Crippen molar-refractivity contribution >= 4 is 5.91 Å². The number of carbonyl (C=O) groups excluding carboxylic acids is 1. The van der Waals surface area contributed by atoms with Gasteiger partial charge in [0.05, 0.1) is 17.8 Å². The number of rotatable bonds is 5. The van der Waals surface area contributed by atoms with Gasteiger partial charge in [-0.15, -0.1) is 10.2 Å². The molecule has 1 saturated carbocycles. The smallest absolute Gasteiger partial charge is 0.253 e. The number of nitrogens with zero attached hydrogens (tertiary/aromatic N) is 4. The van der Waals surface area contributed by atoms with Crippen molar-refractivity contribution in [3.63, 3.8) is 0 Å². The van der Waals surface area contributed by atoms with E-state index in [1.165, 1.54) is 37.6 Å². The number of amides is 1. The van der Waals surface area contributed by atoms with Crippen LogP contribution in [0.15, 0.2) is 48.9 Å². The molecule has 6 nitrogen and oxygen atoms in total. The third-order valence-electron chi connectivity index (χ3n) is 5.17. The summed E-state index contributed by atoms with van der Waals surface area (Å²) >= 11 is 0. The van der Waals surface area contributed by atoms with E-state index < -0.39 is 0 Å². The second kappa shape index (κ2) is 8.29. The monoisotopic (exact) mass is 379 g/mol. The first kappa shape index (κ1) is 18.3. The molecule has 0 saturated heterocycles. The number of aromatic nitrogens is 4. The summed E-state index contributed by atoms with van der Waals surface area (Å²) in [5, 5.41) is 11.1. The van der Waals surface area contributed by atoms with Crippen molar-refractivity contribution in [2.24, 2.45) is 0 Å². The normalized spacial score (nSPS) is 14.8.